The Hall–Kier alpha value is -2.31. The number of ether oxygens (including phenoxy) is 2. The topological polar surface area (TPSA) is 38.8 Å². The number of nitrogens with zero attached hydrogens (tertiary/aromatic N) is 1. The van der Waals surface area contributed by atoms with E-state index in [0.29, 0.717) is 20.7 Å². The molecule has 134 valence electrons. The van der Waals surface area contributed by atoms with Crippen molar-refractivity contribution in [2.24, 2.45) is 0 Å². The number of benzene rings is 2. The van der Waals surface area contributed by atoms with Gasteiger partial charge in [-0.05, 0) is 60.9 Å². The fraction of sp³-hybridized carbons (Fsp3) is 0.200. The van der Waals surface area contributed by atoms with Gasteiger partial charge in [-0.1, -0.05) is 36.1 Å². The summed E-state index contributed by atoms with van der Waals surface area (Å²) in [5, 5.41) is 0. The lowest BCUT2D eigenvalue weighted by atomic mass is 10.1. The molecule has 1 fully saturated rings. The zero-order valence-electron chi connectivity index (χ0n) is 15.0. The van der Waals surface area contributed by atoms with Crippen LogP contribution in [0.2, 0.25) is 0 Å². The number of hydrogen-bond acceptors (Lipinski definition) is 5. The molecule has 0 N–H and O–H groups in total. The molecule has 26 heavy (non-hydrogen) atoms. The van der Waals surface area contributed by atoms with Crippen LogP contribution in [0.1, 0.15) is 16.7 Å². The van der Waals surface area contributed by atoms with E-state index in [9.17, 15) is 4.79 Å². The summed E-state index contributed by atoms with van der Waals surface area (Å²) < 4.78 is 11.1. The highest BCUT2D eigenvalue weighted by atomic mass is 32.2. The average molecular weight is 386 g/mol. The minimum absolute atomic E-state index is 0.113. The van der Waals surface area contributed by atoms with Crippen molar-refractivity contribution >= 4 is 46.0 Å². The van der Waals surface area contributed by atoms with Crippen LogP contribution >= 0.6 is 24.0 Å². The van der Waals surface area contributed by atoms with Gasteiger partial charge in [-0.15, -0.1) is 0 Å². The van der Waals surface area contributed by atoms with Crippen molar-refractivity contribution in [1.82, 2.24) is 0 Å². The van der Waals surface area contributed by atoms with Crippen molar-refractivity contribution in [2.75, 3.05) is 19.1 Å². The fourth-order valence-corrected chi connectivity index (χ4v) is 3.95. The van der Waals surface area contributed by atoms with Gasteiger partial charge >= 0.3 is 0 Å². The van der Waals surface area contributed by atoms with Crippen molar-refractivity contribution in [3.63, 3.8) is 0 Å². The molecule has 6 heteroatoms. The Morgan fingerprint density at radius 1 is 1.00 bits per heavy atom. The Labute approximate surface area is 162 Å². The number of carbonyl (C=O) groups is 1. The molecule has 1 aliphatic rings. The molecule has 2 aromatic rings. The van der Waals surface area contributed by atoms with Gasteiger partial charge < -0.3 is 9.47 Å². The summed E-state index contributed by atoms with van der Waals surface area (Å²) in [5.74, 6) is 1.15. The highest BCUT2D eigenvalue weighted by molar-refractivity contribution is 8.27. The molecule has 3 rings (SSSR count). The van der Waals surface area contributed by atoms with Crippen LogP contribution in [0.15, 0.2) is 41.3 Å². The van der Waals surface area contributed by atoms with Crippen LogP contribution in [0.25, 0.3) is 6.08 Å². The van der Waals surface area contributed by atoms with Gasteiger partial charge in [0.25, 0.3) is 5.91 Å². The molecule has 4 nitrogen and oxygen atoms in total. The van der Waals surface area contributed by atoms with E-state index in [1.165, 1.54) is 17.3 Å². The normalized spacial score (nSPS) is 15.7. The van der Waals surface area contributed by atoms with Gasteiger partial charge in [0.15, 0.2) is 15.8 Å². The van der Waals surface area contributed by atoms with E-state index >= 15 is 0 Å². The third kappa shape index (κ3) is 3.48. The highest BCUT2D eigenvalue weighted by Crippen LogP contribution is 2.37. The summed E-state index contributed by atoms with van der Waals surface area (Å²) in [4.78, 5) is 15.1. The highest BCUT2D eigenvalue weighted by Gasteiger charge is 2.33. The minimum Gasteiger partial charge on any atom is -0.493 e. The van der Waals surface area contributed by atoms with Crippen LogP contribution < -0.4 is 14.4 Å². The van der Waals surface area contributed by atoms with Crippen molar-refractivity contribution in [3.8, 4) is 11.5 Å². The molecular weight excluding hydrogens is 366 g/mol. The van der Waals surface area contributed by atoms with Crippen LogP contribution in [0.3, 0.4) is 0 Å². The lowest BCUT2D eigenvalue weighted by Crippen LogP contribution is -2.27. The molecule has 0 spiro atoms. The van der Waals surface area contributed by atoms with Gasteiger partial charge in [0.05, 0.1) is 24.8 Å². The number of thioether (sulfide) groups is 1. The van der Waals surface area contributed by atoms with E-state index in [0.717, 1.165) is 16.8 Å². The maximum atomic E-state index is 12.9. The predicted octanol–water partition coefficient (Wildman–Crippen LogP) is 4.73. The number of anilines is 1. The van der Waals surface area contributed by atoms with Crippen molar-refractivity contribution < 1.29 is 14.3 Å². The van der Waals surface area contributed by atoms with Crippen molar-refractivity contribution in [3.05, 3.63) is 58.0 Å². The van der Waals surface area contributed by atoms with E-state index in [1.54, 1.807) is 19.1 Å². The van der Waals surface area contributed by atoms with Gasteiger partial charge in [0.2, 0.25) is 0 Å². The number of methoxy groups -OCH3 is 2. The molecular formula is C20H19NO3S2. The summed E-state index contributed by atoms with van der Waals surface area (Å²) in [6.45, 7) is 4.07. The number of carbonyl (C=O) groups excluding carboxylic acids is 1. The smallest absolute Gasteiger partial charge is 0.270 e. The molecule has 0 aromatic heterocycles. The molecule has 0 atom stereocenters. The predicted molar refractivity (Wildman–Crippen MR) is 111 cm³/mol. The third-order valence-electron chi connectivity index (χ3n) is 4.25. The summed E-state index contributed by atoms with van der Waals surface area (Å²) in [5.41, 5.74) is 3.95. The SMILES string of the molecule is COc1ccc(C=C2SC(=S)N(c3ccc(C)c(C)c3)C2=O)cc1OC. The zero-order chi connectivity index (χ0) is 18.8. The monoisotopic (exact) mass is 385 g/mol. The first kappa shape index (κ1) is 18.5. The Balaban J connectivity index is 1.93. The lowest BCUT2D eigenvalue weighted by Gasteiger charge is -2.16. The van der Waals surface area contributed by atoms with E-state index in [2.05, 4.69) is 0 Å². The molecule has 1 amide bonds. The van der Waals surface area contributed by atoms with Crippen LogP contribution in [0.5, 0.6) is 11.5 Å². The fourth-order valence-electron chi connectivity index (χ4n) is 2.65. The van der Waals surface area contributed by atoms with E-state index in [-0.39, 0.29) is 5.91 Å². The third-order valence-corrected chi connectivity index (χ3v) is 5.55. The molecule has 0 unspecified atom stereocenters. The van der Waals surface area contributed by atoms with Crippen molar-refractivity contribution in [1.29, 1.82) is 0 Å². The first-order valence-corrected chi connectivity index (χ1v) is 9.24. The molecule has 2 aromatic carbocycles. The Morgan fingerprint density at radius 3 is 2.38 bits per heavy atom. The first-order valence-electron chi connectivity index (χ1n) is 8.02. The Bertz CT molecular complexity index is 921. The van der Waals surface area contributed by atoms with Gasteiger partial charge in [-0.25, -0.2) is 0 Å². The molecule has 1 aliphatic heterocycles. The average Bonchev–Trinajstić information content (AvgIpc) is 2.91. The zero-order valence-corrected chi connectivity index (χ0v) is 16.7. The quantitative estimate of drug-likeness (QED) is 0.562. The number of thiocarbonyl (C=S) groups is 1. The standard InChI is InChI=1S/C20H19NO3S2/c1-12-5-7-15(9-13(12)2)21-19(22)18(26-20(21)25)11-14-6-8-16(23-3)17(10-14)24-4/h5-11H,1-4H3. The Morgan fingerprint density at radius 2 is 1.73 bits per heavy atom. The largest absolute Gasteiger partial charge is 0.493 e. The molecule has 1 saturated heterocycles. The summed E-state index contributed by atoms with van der Waals surface area (Å²) in [7, 11) is 3.17. The minimum atomic E-state index is -0.113. The number of rotatable bonds is 4. The van der Waals surface area contributed by atoms with Crippen LogP contribution in [-0.4, -0.2) is 24.4 Å². The summed E-state index contributed by atoms with van der Waals surface area (Å²) >= 11 is 6.74. The van der Waals surface area contributed by atoms with E-state index < -0.39 is 0 Å². The van der Waals surface area contributed by atoms with Gasteiger partial charge in [-0.2, -0.15) is 0 Å². The summed E-state index contributed by atoms with van der Waals surface area (Å²) in [6.07, 6.45) is 1.82. The van der Waals surface area contributed by atoms with Crippen LogP contribution in [0, 0.1) is 13.8 Å². The van der Waals surface area contributed by atoms with E-state index in [1.807, 2.05) is 56.3 Å². The van der Waals surface area contributed by atoms with Gasteiger partial charge in [0.1, 0.15) is 0 Å². The van der Waals surface area contributed by atoms with Crippen LogP contribution in [0.4, 0.5) is 5.69 Å². The van der Waals surface area contributed by atoms with E-state index in [4.69, 9.17) is 21.7 Å². The number of aryl methyl sites for hydroxylation is 2. The molecule has 0 saturated carbocycles. The van der Waals surface area contributed by atoms with Gasteiger partial charge in [0, 0.05) is 0 Å². The maximum absolute atomic E-state index is 12.9. The van der Waals surface area contributed by atoms with Gasteiger partial charge in [-0.3, -0.25) is 9.69 Å². The second-order valence-corrected chi connectivity index (χ2v) is 7.58. The van der Waals surface area contributed by atoms with Crippen molar-refractivity contribution in [2.45, 2.75) is 13.8 Å². The molecule has 0 radical (unpaired) electrons. The Kier molecular flexibility index (Phi) is 5.34. The molecule has 1 heterocycles. The number of amides is 1. The second-order valence-electron chi connectivity index (χ2n) is 5.90. The lowest BCUT2D eigenvalue weighted by molar-refractivity contribution is -0.113. The first-order chi connectivity index (χ1) is 12.4. The maximum Gasteiger partial charge on any atom is 0.270 e. The van der Waals surface area contributed by atoms with Crippen LogP contribution in [-0.2, 0) is 4.79 Å². The summed E-state index contributed by atoms with van der Waals surface area (Å²) in [6, 6.07) is 11.4. The number of hydrogen-bond donors (Lipinski definition) is 0. The second kappa shape index (κ2) is 7.51. The molecule has 0 bridgehead atoms. The molecule has 0 aliphatic carbocycles.